The third-order valence-electron chi connectivity index (χ3n) is 4.88. The number of hydrogen-bond donors (Lipinski definition) is 2. The number of benzene rings is 1. The Labute approximate surface area is 155 Å². The predicted octanol–water partition coefficient (Wildman–Crippen LogP) is 2.08. The van der Waals surface area contributed by atoms with E-state index in [0.717, 1.165) is 44.3 Å². The van der Waals surface area contributed by atoms with Crippen molar-refractivity contribution in [2.75, 3.05) is 32.8 Å². The number of ether oxygens (including phenoxy) is 1. The summed E-state index contributed by atoms with van der Waals surface area (Å²) in [5.74, 6) is 0. The van der Waals surface area contributed by atoms with Gasteiger partial charge < -0.3 is 4.74 Å². The lowest BCUT2D eigenvalue weighted by atomic mass is 10.1. The van der Waals surface area contributed by atoms with Crippen LogP contribution in [0.5, 0.6) is 0 Å². The van der Waals surface area contributed by atoms with E-state index in [4.69, 9.17) is 16.3 Å². The molecule has 3 rings (SSSR count). The first kappa shape index (κ1) is 19.1. The smallest absolute Gasteiger partial charge is 0.277 e. The van der Waals surface area contributed by atoms with Gasteiger partial charge in [0.25, 0.3) is 10.2 Å². The Balaban J connectivity index is 1.67. The Morgan fingerprint density at radius 3 is 2.44 bits per heavy atom. The molecule has 1 aromatic rings. The first-order chi connectivity index (χ1) is 12.0. The zero-order valence-corrected chi connectivity index (χ0v) is 15.9. The third kappa shape index (κ3) is 5.64. The fourth-order valence-corrected chi connectivity index (χ4v) is 4.79. The van der Waals surface area contributed by atoms with Gasteiger partial charge in [-0.2, -0.15) is 13.1 Å². The normalized spacial score (nSPS) is 21.5. The Morgan fingerprint density at radius 2 is 1.80 bits per heavy atom. The molecule has 140 valence electrons. The molecule has 1 atom stereocenters. The fraction of sp³-hybridized carbons (Fsp3) is 0.647. The number of morpholine rings is 1. The highest BCUT2D eigenvalue weighted by molar-refractivity contribution is 7.87. The van der Waals surface area contributed by atoms with Crippen molar-refractivity contribution in [3.05, 3.63) is 34.9 Å². The maximum Gasteiger partial charge on any atom is 0.277 e. The molecular formula is C17H26ClN3O3S. The summed E-state index contributed by atoms with van der Waals surface area (Å²) in [6, 6.07) is 7.63. The Bertz CT molecular complexity index is 642. The molecule has 25 heavy (non-hydrogen) atoms. The topological polar surface area (TPSA) is 70.7 Å². The molecule has 1 aliphatic heterocycles. The zero-order chi connectivity index (χ0) is 17.7. The molecule has 6 nitrogen and oxygen atoms in total. The van der Waals surface area contributed by atoms with Crippen LogP contribution in [0.25, 0.3) is 0 Å². The van der Waals surface area contributed by atoms with Crippen molar-refractivity contribution >= 4 is 21.8 Å². The first-order valence-corrected chi connectivity index (χ1v) is 10.7. The lowest BCUT2D eigenvalue weighted by molar-refractivity contribution is 0.0172. The second kappa shape index (κ2) is 8.79. The summed E-state index contributed by atoms with van der Waals surface area (Å²) in [7, 11) is -3.50. The van der Waals surface area contributed by atoms with Crippen molar-refractivity contribution in [1.29, 1.82) is 0 Å². The largest absolute Gasteiger partial charge is 0.379 e. The second-order valence-electron chi connectivity index (χ2n) is 6.67. The summed E-state index contributed by atoms with van der Waals surface area (Å²) in [6.07, 6.45) is 4.03. The molecule has 0 bridgehead atoms. The van der Waals surface area contributed by atoms with Crippen LogP contribution in [0, 0.1) is 0 Å². The third-order valence-corrected chi connectivity index (χ3v) is 6.33. The van der Waals surface area contributed by atoms with E-state index in [-0.39, 0.29) is 12.1 Å². The number of nitrogens with one attached hydrogen (secondary N) is 2. The molecule has 8 heteroatoms. The van der Waals surface area contributed by atoms with Gasteiger partial charge in [-0.15, -0.1) is 0 Å². The highest BCUT2D eigenvalue weighted by Gasteiger charge is 2.26. The van der Waals surface area contributed by atoms with E-state index in [9.17, 15) is 8.42 Å². The molecule has 2 aliphatic rings. The minimum atomic E-state index is -3.50. The van der Waals surface area contributed by atoms with E-state index in [1.165, 1.54) is 0 Å². The van der Waals surface area contributed by atoms with Crippen LogP contribution in [0.15, 0.2) is 24.3 Å². The maximum atomic E-state index is 12.4. The maximum absolute atomic E-state index is 12.4. The lowest BCUT2D eigenvalue weighted by Gasteiger charge is -2.35. The van der Waals surface area contributed by atoms with Gasteiger partial charge in [-0.1, -0.05) is 36.6 Å². The molecule has 0 radical (unpaired) electrons. The Hall–Kier alpha value is -0.700. The number of halogens is 1. The van der Waals surface area contributed by atoms with Gasteiger partial charge in [0.15, 0.2) is 0 Å². The van der Waals surface area contributed by atoms with Crippen LogP contribution in [0.1, 0.15) is 37.3 Å². The molecule has 1 heterocycles. The van der Waals surface area contributed by atoms with Gasteiger partial charge in [0.2, 0.25) is 0 Å². The number of nitrogens with zero attached hydrogens (tertiary/aromatic N) is 1. The van der Waals surface area contributed by atoms with Crippen LogP contribution in [0.3, 0.4) is 0 Å². The summed E-state index contributed by atoms with van der Waals surface area (Å²) < 4.78 is 35.7. The predicted molar refractivity (Wildman–Crippen MR) is 98.9 cm³/mol. The van der Waals surface area contributed by atoms with Crippen LogP contribution < -0.4 is 9.44 Å². The van der Waals surface area contributed by atoms with E-state index in [1.807, 2.05) is 24.3 Å². The highest BCUT2D eigenvalue weighted by Crippen LogP contribution is 2.23. The molecule has 1 saturated carbocycles. The standard InChI is InChI=1S/C17H26ClN3O3S/c18-15-7-5-14(6-8-15)17(21-9-11-24-12-10-21)13-19-25(22,23)20-16-3-1-2-4-16/h5-8,16-17,19-20H,1-4,9-13H2. The van der Waals surface area contributed by atoms with E-state index in [2.05, 4.69) is 14.3 Å². The second-order valence-corrected chi connectivity index (χ2v) is 8.63. The average molecular weight is 388 g/mol. The van der Waals surface area contributed by atoms with E-state index in [0.29, 0.717) is 24.8 Å². The molecule has 1 saturated heterocycles. The average Bonchev–Trinajstić information content (AvgIpc) is 3.10. The van der Waals surface area contributed by atoms with Gasteiger partial charge in [-0.3, -0.25) is 4.90 Å². The van der Waals surface area contributed by atoms with Gasteiger partial charge in [-0.05, 0) is 30.5 Å². The van der Waals surface area contributed by atoms with Crippen molar-refractivity contribution in [1.82, 2.24) is 14.3 Å². The SMILES string of the molecule is O=S(=O)(NCC(c1ccc(Cl)cc1)N1CCOCC1)NC1CCCC1. The lowest BCUT2D eigenvalue weighted by Crippen LogP contribution is -2.47. The highest BCUT2D eigenvalue weighted by atomic mass is 35.5. The molecule has 2 N–H and O–H groups in total. The van der Waals surface area contributed by atoms with E-state index >= 15 is 0 Å². The molecule has 1 unspecified atom stereocenters. The Morgan fingerprint density at radius 1 is 1.16 bits per heavy atom. The minimum Gasteiger partial charge on any atom is -0.379 e. The quantitative estimate of drug-likeness (QED) is 0.751. The summed E-state index contributed by atoms with van der Waals surface area (Å²) in [5.41, 5.74) is 1.05. The van der Waals surface area contributed by atoms with Gasteiger partial charge in [-0.25, -0.2) is 4.72 Å². The van der Waals surface area contributed by atoms with Crippen molar-refractivity contribution in [2.24, 2.45) is 0 Å². The van der Waals surface area contributed by atoms with Crippen LogP contribution in [0.2, 0.25) is 5.02 Å². The Kier molecular flexibility index (Phi) is 6.71. The van der Waals surface area contributed by atoms with Crippen molar-refractivity contribution < 1.29 is 13.2 Å². The van der Waals surface area contributed by atoms with E-state index in [1.54, 1.807) is 0 Å². The van der Waals surface area contributed by atoms with Crippen LogP contribution in [-0.4, -0.2) is 52.2 Å². The summed E-state index contributed by atoms with van der Waals surface area (Å²) in [5, 5.41) is 0.674. The summed E-state index contributed by atoms with van der Waals surface area (Å²) in [4.78, 5) is 2.25. The molecule has 1 aliphatic carbocycles. The molecule has 2 fully saturated rings. The monoisotopic (exact) mass is 387 g/mol. The van der Waals surface area contributed by atoms with Crippen molar-refractivity contribution in [3.63, 3.8) is 0 Å². The first-order valence-electron chi connectivity index (χ1n) is 8.88. The zero-order valence-electron chi connectivity index (χ0n) is 14.3. The van der Waals surface area contributed by atoms with Crippen LogP contribution in [-0.2, 0) is 14.9 Å². The fourth-order valence-electron chi connectivity index (χ4n) is 3.53. The van der Waals surface area contributed by atoms with Crippen LogP contribution in [0.4, 0.5) is 0 Å². The molecule has 0 aromatic heterocycles. The van der Waals surface area contributed by atoms with E-state index < -0.39 is 10.2 Å². The molecule has 0 spiro atoms. The molecule has 0 amide bonds. The number of rotatable bonds is 7. The minimum absolute atomic E-state index is 0.0404. The van der Waals surface area contributed by atoms with Gasteiger partial charge >= 0.3 is 0 Å². The van der Waals surface area contributed by atoms with Gasteiger partial charge in [0, 0.05) is 36.7 Å². The molecule has 1 aromatic carbocycles. The van der Waals surface area contributed by atoms with Gasteiger partial charge in [0.05, 0.1) is 13.2 Å². The van der Waals surface area contributed by atoms with Gasteiger partial charge in [0.1, 0.15) is 0 Å². The number of hydrogen-bond acceptors (Lipinski definition) is 4. The summed E-state index contributed by atoms with van der Waals surface area (Å²) in [6.45, 7) is 3.22. The van der Waals surface area contributed by atoms with Crippen molar-refractivity contribution in [2.45, 2.75) is 37.8 Å². The van der Waals surface area contributed by atoms with Crippen molar-refractivity contribution in [3.8, 4) is 0 Å². The summed E-state index contributed by atoms with van der Waals surface area (Å²) >= 11 is 5.99. The van der Waals surface area contributed by atoms with Crippen LogP contribution >= 0.6 is 11.6 Å². The molecular weight excluding hydrogens is 362 g/mol.